The van der Waals surface area contributed by atoms with Crippen molar-refractivity contribution in [3.8, 4) is 22.5 Å². The molecule has 1 aromatic heterocycles. The summed E-state index contributed by atoms with van der Waals surface area (Å²) in [5.41, 5.74) is 5.47. The zero-order valence-electron chi connectivity index (χ0n) is 17.5. The fourth-order valence-corrected chi connectivity index (χ4v) is 3.89. The molecule has 0 aliphatic heterocycles. The van der Waals surface area contributed by atoms with E-state index in [0.29, 0.717) is 22.8 Å². The highest BCUT2D eigenvalue weighted by Crippen LogP contribution is 2.33. The van der Waals surface area contributed by atoms with E-state index in [-0.39, 0.29) is 11.9 Å². The van der Waals surface area contributed by atoms with E-state index >= 15 is 0 Å². The van der Waals surface area contributed by atoms with Gasteiger partial charge in [0.1, 0.15) is 17.2 Å². The van der Waals surface area contributed by atoms with Crippen LogP contribution >= 0.6 is 11.6 Å². The summed E-state index contributed by atoms with van der Waals surface area (Å²) >= 11 is 6.16. The first kappa shape index (κ1) is 21.1. The molecule has 1 unspecified atom stereocenters. The molecule has 1 N–H and O–H groups in total. The number of hydrogen-bond donors (Lipinski definition) is 1. The molecule has 158 valence electrons. The van der Waals surface area contributed by atoms with E-state index in [2.05, 4.69) is 41.7 Å². The largest absolute Gasteiger partial charge is 0.378 e. The Labute approximate surface area is 186 Å². The van der Waals surface area contributed by atoms with E-state index in [4.69, 9.17) is 16.1 Å². The van der Waals surface area contributed by atoms with Crippen LogP contribution in [0.15, 0.2) is 77.3 Å². The number of benzene rings is 3. The fraction of sp³-hybridized carbons (Fsp3) is 0.192. The highest BCUT2D eigenvalue weighted by Gasteiger charge is 2.18. The fourth-order valence-electron chi connectivity index (χ4n) is 3.63. The summed E-state index contributed by atoms with van der Waals surface area (Å²) in [6, 6.07) is 23.3. The van der Waals surface area contributed by atoms with E-state index in [0.717, 1.165) is 28.9 Å². The molecule has 31 heavy (non-hydrogen) atoms. The maximum absolute atomic E-state index is 14.1. The Kier molecular flexibility index (Phi) is 6.38. The molecule has 0 saturated carbocycles. The highest BCUT2D eigenvalue weighted by atomic mass is 35.5. The normalized spacial score (nSPS) is 12.0. The second-order valence-corrected chi connectivity index (χ2v) is 8.11. The Bertz CT molecular complexity index is 1140. The van der Waals surface area contributed by atoms with Gasteiger partial charge in [-0.3, -0.25) is 0 Å². The van der Waals surface area contributed by atoms with Crippen molar-refractivity contribution in [3.63, 3.8) is 0 Å². The predicted octanol–water partition coefficient (Wildman–Crippen LogP) is 7.54. The Hall–Kier alpha value is -3.11. The van der Waals surface area contributed by atoms with Gasteiger partial charge in [0.05, 0.1) is 0 Å². The van der Waals surface area contributed by atoms with Crippen LogP contribution in [0.2, 0.25) is 5.02 Å². The van der Waals surface area contributed by atoms with Gasteiger partial charge >= 0.3 is 0 Å². The van der Waals surface area contributed by atoms with Gasteiger partial charge in [0, 0.05) is 22.2 Å². The van der Waals surface area contributed by atoms with Crippen molar-refractivity contribution in [2.45, 2.75) is 32.7 Å². The van der Waals surface area contributed by atoms with Crippen LogP contribution in [0.4, 0.5) is 10.1 Å². The van der Waals surface area contributed by atoms with E-state index in [1.165, 1.54) is 11.6 Å². The number of rotatable bonds is 7. The number of aryl methyl sites for hydroxylation is 1. The molecule has 0 amide bonds. The first-order valence-corrected chi connectivity index (χ1v) is 10.7. The minimum absolute atomic E-state index is 0.0797. The molecular formula is C26H24ClFN2O. The molecule has 0 bridgehead atoms. The van der Waals surface area contributed by atoms with Gasteiger partial charge in [-0.25, -0.2) is 4.39 Å². The van der Waals surface area contributed by atoms with Gasteiger partial charge in [-0.2, -0.15) is 0 Å². The summed E-state index contributed by atoms with van der Waals surface area (Å²) in [6.07, 6.45) is 1.27. The molecule has 0 radical (unpaired) electrons. The molecule has 0 saturated heterocycles. The lowest BCUT2D eigenvalue weighted by Gasteiger charge is -2.16. The van der Waals surface area contributed by atoms with E-state index in [9.17, 15) is 4.39 Å². The minimum Gasteiger partial charge on any atom is -0.378 e. The van der Waals surface area contributed by atoms with Gasteiger partial charge in [0.15, 0.2) is 5.76 Å². The lowest BCUT2D eigenvalue weighted by molar-refractivity contribution is 0.427. The molecular weight excluding hydrogens is 411 g/mol. The third kappa shape index (κ3) is 4.80. The third-order valence-corrected chi connectivity index (χ3v) is 5.75. The molecule has 4 aromatic rings. The van der Waals surface area contributed by atoms with Crippen molar-refractivity contribution < 1.29 is 8.91 Å². The van der Waals surface area contributed by atoms with Crippen LogP contribution in [0, 0.1) is 12.7 Å². The van der Waals surface area contributed by atoms with Crippen LogP contribution in [0.3, 0.4) is 0 Å². The average molecular weight is 435 g/mol. The van der Waals surface area contributed by atoms with Gasteiger partial charge in [0.25, 0.3) is 0 Å². The van der Waals surface area contributed by atoms with Crippen LogP contribution in [0.25, 0.3) is 22.5 Å². The molecule has 1 atom stereocenters. The maximum atomic E-state index is 14.1. The summed E-state index contributed by atoms with van der Waals surface area (Å²) in [4.78, 5) is 0. The lowest BCUT2D eigenvalue weighted by Crippen LogP contribution is -2.17. The molecule has 3 aromatic carbocycles. The summed E-state index contributed by atoms with van der Waals surface area (Å²) in [6.45, 7) is 3.97. The molecule has 0 aliphatic rings. The number of hydrogen-bond acceptors (Lipinski definition) is 3. The van der Waals surface area contributed by atoms with Crippen molar-refractivity contribution >= 4 is 17.3 Å². The first-order valence-electron chi connectivity index (χ1n) is 10.3. The number of halogens is 2. The Morgan fingerprint density at radius 3 is 2.32 bits per heavy atom. The SMILES string of the molecule is Cc1noc(-c2ccc(-c3ccccc3)cc2)c1NC(C)CCc1c(F)cccc1Cl. The van der Waals surface area contributed by atoms with Crippen LogP contribution in [0.1, 0.15) is 24.6 Å². The summed E-state index contributed by atoms with van der Waals surface area (Å²) in [5, 5.41) is 8.11. The zero-order valence-corrected chi connectivity index (χ0v) is 18.3. The van der Waals surface area contributed by atoms with Crippen molar-refractivity contribution in [1.82, 2.24) is 5.16 Å². The maximum Gasteiger partial charge on any atom is 0.190 e. The molecule has 3 nitrogen and oxygen atoms in total. The molecule has 0 aliphatic carbocycles. The zero-order chi connectivity index (χ0) is 21.8. The molecule has 4 rings (SSSR count). The number of nitrogens with one attached hydrogen (secondary N) is 1. The van der Waals surface area contributed by atoms with Crippen molar-refractivity contribution in [1.29, 1.82) is 0 Å². The lowest BCUT2D eigenvalue weighted by atomic mass is 10.0. The first-order chi connectivity index (χ1) is 15.0. The molecule has 1 heterocycles. The summed E-state index contributed by atoms with van der Waals surface area (Å²) < 4.78 is 19.7. The van der Waals surface area contributed by atoms with Crippen molar-refractivity contribution in [2.24, 2.45) is 0 Å². The van der Waals surface area contributed by atoms with Crippen molar-refractivity contribution in [2.75, 3.05) is 5.32 Å². The van der Waals surface area contributed by atoms with Crippen LogP contribution in [-0.4, -0.2) is 11.2 Å². The number of anilines is 1. The van der Waals surface area contributed by atoms with Crippen LogP contribution < -0.4 is 5.32 Å². The van der Waals surface area contributed by atoms with Gasteiger partial charge < -0.3 is 9.84 Å². The van der Waals surface area contributed by atoms with Gasteiger partial charge in [-0.15, -0.1) is 0 Å². The summed E-state index contributed by atoms with van der Waals surface area (Å²) in [7, 11) is 0. The second-order valence-electron chi connectivity index (χ2n) is 7.70. The molecule has 5 heteroatoms. The van der Waals surface area contributed by atoms with Gasteiger partial charge in [-0.1, -0.05) is 77.4 Å². The van der Waals surface area contributed by atoms with Crippen LogP contribution in [-0.2, 0) is 6.42 Å². The smallest absolute Gasteiger partial charge is 0.190 e. The standard InChI is InChI=1S/C26H24ClFN2O/c1-17(11-16-22-23(27)9-6-10-24(22)28)29-25-18(2)30-31-26(25)21-14-12-20(13-15-21)19-7-4-3-5-8-19/h3-10,12-15,17,29H,11,16H2,1-2H3. The minimum atomic E-state index is -0.264. The molecule has 0 fully saturated rings. The average Bonchev–Trinajstić information content (AvgIpc) is 3.14. The highest BCUT2D eigenvalue weighted by molar-refractivity contribution is 6.31. The van der Waals surface area contributed by atoms with Gasteiger partial charge in [0.2, 0.25) is 0 Å². The van der Waals surface area contributed by atoms with E-state index in [1.54, 1.807) is 12.1 Å². The Morgan fingerprint density at radius 1 is 0.935 bits per heavy atom. The number of nitrogens with zero attached hydrogens (tertiary/aromatic N) is 1. The van der Waals surface area contributed by atoms with Crippen LogP contribution in [0.5, 0.6) is 0 Å². The third-order valence-electron chi connectivity index (χ3n) is 5.40. The van der Waals surface area contributed by atoms with E-state index < -0.39 is 0 Å². The Balaban J connectivity index is 1.49. The quantitative estimate of drug-likeness (QED) is 0.326. The van der Waals surface area contributed by atoms with Gasteiger partial charge in [-0.05, 0) is 49.9 Å². The summed E-state index contributed by atoms with van der Waals surface area (Å²) in [5.74, 6) is 0.438. The monoisotopic (exact) mass is 434 g/mol. The van der Waals surface area contributed by atoms with Crippen molar-refractivity contribution in [3.05, 3.63) is 94.9 Å². The molecule has 0 spiro atoms. The second kappa shape index (κ2) is 9.36. The van der Waals surface area contributed by atoms with E-state index in [1.807, 2.05) is 37.3 Å². The number of aromatic nitrogens is 1. The predicted molar refractivity (Wildman–Crippen MR) is 125 cm³/mol. The Morgan fingerprint density at radius 2 is 1.61 bits per heavy atom. The topological polar surface area (TPSA) is 38.1 Å².